The number of fused-ring (bicyclic) bond motifs is 2. The van der Waals surface area contributed by atoms with Crippen LogP contribution in [0.25, 0.3) is 88.8 Å². The van der Waals surface area contributed by atoms with E-state index in [-0.39, 0.29) is 0 Å². The number of hydrogen-bond acceptors (Lipinski definition) is 2. The summed E-state index contributed by atoms with van der Waals surface area (Å²) in [7, 11) is 0. The maximum atomic E-state index is 6.27. The van der Waals surface area contributed by atoms with Crippen LogP contribution in [0.5, 0.6) is 0 Å². The van der Waals surface area contributed by atoms with Gasteiger partial charge in [-0.15, -0.1) is 0 Å². The standard InChI is InChI=1S/C48H31ClN2/c49-41-26-24-34(25-27-41)45-30-40(28-39-14-7-8-16-42(39)45)43-17-9-15-33-20-23-38(29-44(33)43)32-18-21-36(22-19-32)47-31-46(35-10-3-1-4-11-35)50-48(51-47)37-12-5-2-6-13-37/h1-31H. The van der Waals surface area contributed by atoms with Crippen molar-refractivity contribution in [3.05, 3.63) is 193 Å². The number of nitrogens with zero attached hydrogens (tertiary/aromatic N) is 2. The number of rotatable bonds is 6. The second-order valence-electron chi connectivity index (χ2n) is 12.8. The summed E-state index contributed by atoms with van der Waals surface area (Å²) < 4.78 is 0. The fraction of sp³-hybridized carbons (Fsp3) is 0. The van der Waals surface area contributed by atoms with Crippen molar-refractivity contribution in [3.63, 3.8) is 0 Å². The van der Waals surface area contributed by atoms with E-state index >= 15 is 0 Å². The van der Waals surface area contributed by atoms with E-state index < -0.39 is 0 Å². The SMILES string of the molecule is Clc1ccc(-c2cc(-c3cccc4ccc(-c5ccc(-c6cc(-c7ccccc7)nc(-c7ccccc7)n6)cc5)cc34)cc3ccccc23)cc1. The minimum absolute atomic E-state index is 0.714. The first kappa shape index (κ1) is 30.7. The molecule has 1 heterocycles. The van der Waals surface area contributed by atoms with Crippen LogP contribution in [-0.4, -0.2) is 9.97 Å². The Labute approximate surface area is 302 Å². The highest BCUT2D eigenvalue weighted by Crippen LogP contribution is 2.38. The van der Waals surface area contributed by atoms with Crippen LogP contribution in [0.3, 0.4) is 0 Å². The molecule has 0 fully saturated rings. The van der Waals surface area contributed by atoms with Gasteiger partial charge in [-0.25, -0.2) is 9.97 Å². The molecule has 2 nitrogen and oxygen atoms in total. The molecule has 1 aromatic heterocycles. The zero-order valence-corrected chi connectivity index (χ0v) is 28.4. The van der Waals surface area contributed by atoms with Crippen LogP contribution in [0.2, 0.25) is 5.02 Å². The molecular formula is C48H31ClN2. The summed E-state index contributed by atoms with van der Waals surface area (Å²) in [4.78, 5) is 9.98. The first-order chi connectivity index (χ1) is 25.2. The van der Waals surface area contributed by atoms with E-state index in [1.807, 2.05) is 48.5 Å². The molecule has 0 amide bonds. The number of hydrogen-bond donors (Lipinski definition) is 0. The molecule has 3 heteroatoms. The molecule has 51 heavy (non-hydrogen) atoms. The lowest BCUT2D eigenvalue weighted by molar-refractivity contribution is 1.18. The van der Waals surface area contributed by atoms with Gasteiger partial charge in [-0.3, -0.25) is 0 Å². The Kier molecular flexibility index (Phi) is 7.92. The average Bonchev–Trinajstić information content (AvgIpc) is 3.21. The Morgan fingerprint density at radius 1 is 0.314 bits per heavy atom. The van der Waals surface area contributed by atoms with Crippen molar-refractivity contribution in [2.75, 3.05) is 0 Å². The maximum Gasteiger partial charge on any atom is 0.160 e. The van der Waals surface area contributed by atoms with Crippen molar-refractivity contribution >= 4 is 33.1 Å². The smallest absolute Gasteiger partial charge is 0.160 e. The predicted octanol–water partition coefficient (Wildman–Crippen LogP) is 13.4. The monoisotopic (exact) mass is 670 g/mol. The molecule has 9 rings (SSSR count). The molecule has 0 unspecified atom stereocenters. The molecular weight excluding hydrogens is 640 g/mol. The van der Waals surface area contributed by atoms with E-state index in [1.54, 1.807) is 0 Å². The Hall–Kier alpha value is -6.35. The minimum atomic E-state index is 0.714. The Balaban J connectivity index is 1.12. The second-order valence-corrected chi connectivity index (χ2v) is 13.2. The first-order valence-electron chi connectivity index (χ1n) is 17.1. The van der Waals surface area contributed by atoms with Gasteiger partial charge < -0.3 is 0 Å². The van der Waals surface area contributed by atoms with Crippen LogP contribution in [0.1, 0.15) is 0 Å². The summed E-state index contributed by atoms with van der Waals surface area (Å²) in [5.41, 5.74) is 11.9. The van der Waals surface area contributed by atoms with Crippen LogP contribution >= 0.6 is 11.6 Å². The fourth-order valence-corrected chi connectivity index (χ4v) is 7.07. The maximum absolute atomic E-state index is 6.27. The zero-order chi connectivity index (χ0) is 34.1. The molecule has 8 aromatic carbocycles. The van der Waals surface area contributed by atoms with Crippen molar-refractivity contribution in [2.24, 2.45) is 0 Å². The van der Waals surface area contributed by atoms with Crippen molar-refractivity contribution in [2.45, 2.75) is 0 Å². The van der Waals surface area contributed by atoms with Gasteiger partial charge in [-0.2, -0.15) is 0 Å². The molecule has 0 spiro atoms. The van der Waals surface area contributed by atoms with Gasteiger partial charge in [0.05, 0.1) is 11.4 Å². The Morgan fingerprint density at radius 3 is 1.65 bits per heavy atom. The second kappa shape index (κ2) is 13.2. The third kappa shape index (κ3) is 6.07. The van der Waals surface area contributed by atoms with Crippen LogP contribution < -0.4 is 0 Å². The Bertz CT molecular complexity index is 2610. The normalized spacial score (nSPS) is 11.2. The number of halogens is 1. The third-order valence-corrected chi connectivity index (χ3v) is 9.80. The highest BCUT2D eigenvalue weighted by Gasteiger charge is 2.13. The molecule has 0 aliphatic heterocycles. The van der Waals surface area contributed by atoms with E-state index in [9.17, 15) is 0 Å². The van der Waals surface area contributed by atoms with Crippen LogP contribution in [0.15, 0.2) is 188 Å². The summed E-state index contributed by atoms with van der Waals surface area (Å²) in [6.45, 7) is 0. The first-order valence-corrected chi connectivity index (χ1v) is 17.5. The summed E-state index contributed by atoms with van der Waals surface area (Å²) in [5, 5.41) is 5.59. The molecule has 0 aliphatic rings. The van der Waals surface area contributed by atoms with Gasteiger partial charge >= 0.3 is 0 Å². The van der Waals surface area contributed by atoms with E-state index in [2.05, 4.69) is 140 Å². The summed E-state index contributed by atoms with van der Waals surface area (Å²) in [6, 6.07) is 66.0. The number of benzene rings is 8. The van der Waals surface area contributed by atoms with Crippen molar-refractivity contribution in [3.8, 4) is 67.3 Å². The lowest BCUT2D eigenvalue weighted by Crippen LogP contribution is -1.95. The Morgan fingerprint density at radius 2 is 0.902 bits per heavy atom. The highest BCUT2D eigenvalue weighted by molar-refractivity contribution is 6.30. The van der Waals surface area contributed by atoms with Gasteiger partial charge in [0.25, 0.3) is 0 Å². The molecule has 0 N–H and O–H groups in total. The quantitative estimate of drug-likeness (QED) is 0.176. The van der Waals surface area contributed by atoms with E-state index in [1.165, 1.54) is 38.2 Å². The third-order valence-electron chi connectivity index (χ3n) is 9.55. The van der Waals surface area contributed by atoms with Gasteiger partial charge in [-0.1, -0.05) is 163 Å². The van der Waals surface area contributed by atoms with E-state index in [4.69, 9.17) is 21.6 Å². The van der Waals surface area contributed by atoms with Crippen LogP contribution in [0.4, 0.5) is 0 Å². The summed E-state index contributed by atoms with van der Waals surface area (Å²) in [6.07, 6.45) is 0. The zero-order valence-electron chi connectivity index (χ0n) is 27.7. The largest absolute Gasteiger partial charge is 0.228 e. The molecule has 0 aliphatic carbocycles. The van der Waals surface area contributed by atoms with Crippen molar-refractivity contribution < 1.29 is 0 Å². The molecule has 0 radical (unpaired) electrons. The van der Waals surface area contributed by atoms with Gasteiger partial charge in [0.1, 0.15) is 0 Å². The summed E-state index contributed by atoms with van der Waals surface area (Å²) >= 11 is 6.27. The highest BCUT2D eigenvalue weighted by atomic mass is 35.5. The number of aromatic nitrogens is 2. The molecule has 240 valence electrons. The predicted molar refractivity (Wildman–Crippen MR) is 215 cm³/mol. The molecule has 9 aromatic rings. The van der Waals surface area contributed by atoms with Crippen molar-refractivity contribution in [1.29, 1.82) is 0 Å². The molecule has 0 bridgehead atoms. The van der Waals surface area contributed by atoms with Gasteiger partial charge in [0, 0.05) is 21.7 Å². The lowest BCUT2D eigenvalue weighted by atomic mass is 9.90. The van der Waals surface area contributed by atoms with Crippen molar-refractivity contribution in [1.82, 2.24) is 9.97 Å². The molecule has 0 saturated heterocycles. The van der Waals surface area contributed by atoms with Gasteiger partial charge in [0.15, 0.2) is 5.82 Å². The minimum Gasteiger partial charge on any atom is -0.228 e. The van der Waals surface area contributed by atoms with E-state index in [0.717, 1.165) is 49.8 Å². The van der Waals surface area contributed by atoms with Gasteiger partial charge in [-0.05, 0) is 91.3 Å². The van der Waals surface area contributed by atoms with Crippen LogP contribution in [0, 0.1) is 0 Å². The average molecular weight is 671 g/mol. The van der Waals surface area contributed by atoms with E-state index in [0.29, 0.717) is 5.82 Å². The van der Waals surface area contributed by atoms with Gasteiger partial charge in [0.2, 0.25) is 0 Å². The lowest BCUT2D eigenvalue weighted by Gasteiger charge is -2.14. The summed E-state index contributed by atoms with van der Waals surface area (Å²) in [5.74, 6) is 0.714. The van der Waals surface area contributed by atoms with Crippen LogP contribution in [-0.2, 0) is 0 Å². The molecule has 0 saturated carbocycles. The fourth-order valence-electron chi connectivity index (χ4n) is 6.94. The topological polar surface area (TPSA) is 25.8 Å². The molecule has 0 atom stereocenters.